The van der Waals surface area contributed by atoms with E-state index in [0.717, 1.165) is 83.5 Å². The molecule has 0 saturated heterocycles. The topological polar surface area (TPSA) is 131 Å². The van der Waals surface area contributed by atoms with Gasteiger partial charge in [0.25, 0.3) is 0 Å². The maximum absolute atomic E-state index is 12.6. The van der Waals surface area contributed by atoms with Crippen molar-refractivity contribution < 1.29 is 28.4 Å². The van der Waals surface area contributed by atoms with E-state index in [0.29, 0.717) is 6.42 Å². The van der Waals surface area contributed by atoms with E-state index in [4.69, 9.17) is 14.8 Å². The Kier molecular flexibility index (Phi) is 28.0. The van der Waals surface area contributed by atoms with Gasteiger partial charge < -0.3 is 21.1 Å². The molecule has 3 unspecified atom stereocenters. The maximum atomic E-state index is 12.6. The molecule has 9 heteroatoms. The molecule has 0 spiro atoms. The first-order valence-corrected chi connectivity index (χ1v) is 17.4. The van der Waals surface area contributed by atoms with Crippen LogP contribution in [0.5, 0.6) is 0 Å². The second-order valence-corrected chi connectivity index (χ2v) is 11.7. The first-order valence-electron chi connectivity index (χ1n) is 15.9. The smallest absolute Gasteiger partial charge is 0.387 e. The van der Waals surface area contributed by atoms with Crippen molar-refractivity contribution >= 4 is 13.7 Å². The molecule has 0 aliphatic carbocycles. The Morgan fingerprint density at radius 1 is 0.810 bits per heavy atom. The highest BCUT2D eigenvalue weighted by Gasteiger charge is 2.26. The molecule has 0 fully saturated rings. The standard InChI is InChI=1S/C33H59N2O6P/c1-3-5-7-9-11-13-14-15-16-17-18-19-21-23-25-27-33(37)35-31(30-41-42(38,39)40-29-28-34)32(36)26-24-22-20-12-10-8-6-4-2/h5,7,10-13,15-16,24,26,31-32,36H,3-4,6,8-9,14,17-23,25,27-30,34H2,1-2H3,(H,35,37)(H,38,39)/b7-5-,12-10+,13-11-,16-15-,26-24+. The van der Waals surface area contributed by atoms with Crippen molar-refractivity contribution in [2.45, 2.75) is 122 Å². The number of nitrogens with one attached hydrogen (secondary N) is 1. The van der Waals surface area contributed by atoms with Crippen molar-refractivity contribution in [2.24, 2.45) is 5.73 Å². The van der Waals surface area contributed by atoms with Crippen molar-refractivity contribution in [2.75, 3.05) is 19.8 Å². The number of rotatable bonds is 28. The summed E-state index contributed by atoms with van der Waals surface area (Å²) in [6, 6.07) is -0.884. The Labute approximate surface area is 255 Å². The van der Waals surface area contributed by atoms with Gasteiger partial charge in [-0.15, -0.1) is 0 Å². The highest BCUT2D eigenvalue weighted by atomic mass is 31.2. The number of aliphatic hydroxyl groups excluding tert-OH is 1. The van der Waals surface area contributed by atoms with Gasteiger partial charge in [0.05, 0.1) is 25.4 Å². The Morgan fingerprint density at radius 2 is 1.40 bits per heavy atom. The summed E-state index contributed by atoms with van der Waals surface area (Å²) in [7, 11) is -4.34. The summed E-state index contributed by atoms with van der Waals surface area (Å²) in [5, 5.41) is 13.4. The van der Waals surface area contributed by atoms with Crippen LogP contribution in [0, 0.1) is 0 Å². The molecule has 1 amide bonds. The van der Waals surface area contributed by atoms with E-state index in [9.17, 15) is 19.4 Å². The largest absolute Gasteiger partial charge is 0.472 e. The van der Waals surface area contributed by atoms with E-state index in [1.807, 2.05) is 6.08 Å². The Bertz CT molecular complexity index is 840. The first kappa shape index (κ1) is 40.2. The van der Waals surface area contributed by atoms with Crippen LogP contribution < -0.4 is 11.1 Å². The number of allylic oxidation sites excluding steroid dienone is 9. The lowest BCUT2D eigenvalue weighted by atomic mass is 10.1. The summed E-state index contributed by atoms with van der Waals surface area (Å²) in [5.41, 5.74) is 5.32. The van der Waals surface area contributed by atoms with Gasteiger partial charge in [0.1, 0.15) is 0 Å². The highest BCUT2D eigenvalue weighted by molar-refractivity contribution is 7.47. The number of amides is 1. The van der Waals surface area contributed by atoms with Crippen LogP contribution in [0.1, 0.15) is 110 Å². The molecule has 42 heavy (non-hydrogen) atoms. The van der Waals surface area contributed by atoms with Crippen LogP contribution in [0.4, 0.5) is 0 Å². The van der Waals surface area contributed by atoms with Crippen LogP contribution in [0.3, 0.4) is 0 Å². The zero-order valence-corrected chi connectivity index (χ0v) is 27.1. The molecule has 0 aromatic carbocycles. The van der Waals surface area contributed by atoms with E-state index in [1.165, 1.54) is 6.42 Å². The quantitative estimate of drug-likeness (QED) is 0.0408. The van der Waals surface area contributed by atoms with Gasteiger partial charge in [-0.25, -0.2) is 4.57 Å². The Hall–Kier alpha value is -1.80. The number of phosphoric ester groups is 1. The fourth-order valence-electron chi connectivity index (χ4n) is 3.91. The van der Waals surface area contributed by atoms with E-state index >= 15 is 0 Å². The third-order valence-corrected chi connectivity index (χ3v) is 7.31. The number of phosphoric acid groups is 1. The van der Waals surface area contributed by atoms with Crippen molar-refractivity contribution in [3.63, 3.8) is 0 Å². The zero-order chi connectivity index (χ0) is 31.2. The summed E-state index contributed by atoms with van der Waals surface area (Å²) >= 11 is 0. The summed E-state index contributed by atoms with van der Waals surface area (Å²) < 4.78 is 21.8. The molecule has 0 saturated carbocycles. The van der Waals surface area contributed by atoms with Gasteiger partial charge in [-0.2, -0.15) is 0 Å². The van der Waals surface area contributed by atoms with Crippen molar-refractivity contribution in [3.05, 3.63) is 60.8 Å². The van der Waals surface area contributed by atoms with Crippen molar-refractivity contribution in [1.82, 2.24) is 5.32 Å². The molecule has 242 valence electrons. The summed E-state index contributed by atoms with van der Waals surface area (Å²) in [4.78, 5) is 22.4. The minimum atomic E-state index is -4.34. The fourth-order valence-corrected chi connectivity index (χ4v) is 4.67. The molecular formula is C33H59N2O6P. The van der Waals surface area contributed by atoms with E-state index in [1.54, 1.807) is 6.08 Å². The number of hydrogen-bond acceptors (Lipinski definition) is 6. The van der Waals surface area contributed by atoms with Crippen LogP contribution in [0.2, 0.25) is 0 Å². The highest BCUT2D eigenvalue weighted by Crippen LogP contribution is 2.43. The Morgan fingerprint density at radius 3 is 2.12 bits per heavy atom. The van der Waals surface area contributed by atoms with Gasteiger partial charge in [0, 0.05) is 13.0 Å². The molecule has 5 N–H and O–H groups in total. The minimum absolute atomic E-state index is 0.0675. The molecule has 3 atom stereocenters. The molecule has 0 aromatic rings. The molecule has 0 aliphatic heterocycles. The van der Waals surface area contributed by atoms with Gasteiger partial charge in [-0.1, -0.05) is 107 Å². The monoisotopic (exact) mass is 610 g/mol. The number of unbranched alkanes of at least 4 members (excludes halogenated alkanes) is 8. The van der Waals surface area contributed by atoms with Gasteiger partial charge >= 0.3 is 7.82 Å². The number of aliphatic hydroxyl groups is 1. The van der Waals surface area contributed by atoms with Crippen LogP contribution in [-0.2, 0) is 18.4 Å². The number of carbonyl (C=O) groups is 1. The average molecular weight is 611 g/mol. The van der Waals surface area contributed by atoms with E-state index in [-0.39, 0.29) is 25.7 Å². The van der Waals surface area contributed by atoms with Crippen LogP contribution >= 0.6 is 7.82 Å². The Balaban J connectivity index is 4.43. The number of carbonyl (C=O) groups excluding carboxylic acids is 1. The summed E-state index contributed by atoms with van der Waals surface area (Å²) in [6.45, 7) is 3.86. The SMILES string of the molecule is CC/C=C\C/C=C\C/C=C\CCCCCCCC(=O)NC(COP(=O)(O)OCCN)C(O)/C=C/CC/C=C/CCCC. The molecule has 0 bridgehead atoms. The second kappa shape index (κ2) is 29.3. The van der Waals surface area contributed by atoms with Gasteiger partial charge in [0.15, 0.2) is 0 Å². The average Bonchev–Trinajstić information content (AvgIpc) is 2.97. The summed E-state index contributed by atoms with van der Waals surface area (Å²) in [5.74, 6) is -0.230. The van der Waals surface area contributed by atoms with Crippen molar-refractivity contribution in [1.29, 1.82) is 0 Å². The first-order chi connectivity index (χ1) is 20.4. The van der Waals surface area contributed by atoms with Crippen molar-refractivity contribution in [3.8, 4) is 0 Å². The second-order valence-electron chi connectivity index (χ2n) is 10.3. The molecular weight excluding hydrogens is 551 g/mol. The molecule has 0 radical (unpaired) electrons. The fraction of sp³-hybridized carbons (Fsp3) is 0.667. The lowest BCUT2D eigenvalue weighted by molar-refractivity contribution is -0.123. The van der Waals surface area contributed by atoms with E-state index < -0.39 is 20.0 Å². The maximum Gasteiger partial charge on any atom is 0.472 e. The molecule has 0 aliphatic rings. The number of nitrogens with two attached hydrogens (primary N) is 1. The zero-order valence-electron chi connectivity index (χ0n) is 26.2. The summed E-state index contributed by atoms with van der Waals surface area (Å²) in [6.07, 6.45) is 34.2. The number of hydrogen-bond donors (Lipinski definition) is 4. The third-order valence-electron chi connectivity index (χ3n) is 6.33. The van der Waals surface area contributed by atoms with Crippen LogP contribution in [-0.4, -0.2) is 47.8 Å². The third kappa shape index (κ3) is 27.1. The van der Waals surface area contributed by atoms with E-state index in [2.05, 4.69) is 67.8 Å². The minimum Gasteiger partial charge on any atom is -0.387 e. The molecule has 0 rings (SSSR count). The van der Waals surface area contributed by atoms with Crippen LogP contribution in [0.15, 0.2) is 60.8 Å². The molecule has 0 heterocycles. The molecule has 0 aromatic heterocycles. The van der Waals surface area contributed by atoms with Gasteiger partial charge in [0.2, 0.25) is 5.91 Å². The normalized spacial score (nSPS) is 15.5. The lowest BCUT2D eigenvalue weighted by Crippen LogP contribution is -2.45. The van der Waals surface area contributed by atoms with Gasteiger partial charge in [-0.05, 0) is 57.8 Å². The lowest BCUT2D eigenvalue weighted by Gasteiger charge is -2.23. The van der Waals surface area contributed by atoms with Crippen LogP contribution in [0.25, 0.3) is 0 Å². The predicted octanol–water partition coefficient (Wildman–Crippen LogP) is 7.60. The predicted molar refractivity (Wildman–Crippen MR) is 175 cm³/mol. The van der Waals surface area contributed by atoms with Gasteiger partial charge in [-0.3, -0.25) is 13.8 Å². The molecule has 8 nitrogen and oxygen atoms in total.